The summed E-state index contributed by atoms with van der Waals surface area (Å²) >= 11 is 0. The zero-order chi connectivity index (χ0) is 17.1. The van der Waals surface area contributed by atoms with Gasteiger partial charge in [0, 0.05) is 30.9 Å². The molecule has 1 aliphatic rings. The first kappa shape index (κ1) is 16.3. The van der Waals surface area contributed by atoms with E-state index in [1.807, 2.05) is 0 Å². The summed E-state index contributed by atoms with van der Waals surface area (Å²) in [6.07, 6.45) is 3.25. The van der Waals surface area contributed by atoms with Crippen LogP contribution in [0.15, 0.2) is 30.6 Å². The van der Waals surface area contributed by atoms with Crippen molar-refractivity contribution in [2.24, 2.45) is 5.92 Å². The van der Waals surface area contributed by atoms with Gasteiger partial charge in [-0.25, -0.2) is 18.7 Å². The van der Waals surface area contributed by atoms with Gasteiger partial charge in [-0.2, -0.15) is 0 Å². The van der Waals surface area contributed by atoms with Crippen LogP contribution in [0.5, 0.6) is 0 Å². The Bertz CT molecular complexity index is 745. The minimum absolute atomic E-state index is 0.141. The van der Waals surface area contributed by atoms with Crippen LogP contribution in [0.1, 0.15) is 30.3 Å². The SMILES string of the molecule is CC1CCN(C(=O)c2cc(Nc3ccc(F)c(F)c3)ncn2)CC1. The second-order valence-corrected chi connectivity index (χ2v) is 6.02. The molecule has 0 unspecified atom stereocenters. The molecule has 0 spiro atoms. The molecule has 5 nitrogen and oxygen atoms in total. The highest BCUT2D eigenvalue weighted by Gasteiger charge is 2.22. The monoisotopic (exact) mass is 332 g/mol. The molecule has 0 aliphatic carbocycles. The molecule has 7 heteroatoms. The van der Waals surface area contributed by atoms with Gasteiger partial charge in [0.1, 0.15) is 17.8 Å². The molecular weight excluding hydrogens is 314 g/mol. The topological polar surface area (TPSA) is 58.1 Å². The van der Waals surface area contributed by atoms with Crippen molar-refractivity contribution in [2.45, 2.75) is 19.8 Å². The molecule has 0 radical (unpaired) electrons. The molecule has 126 valence electrons. The van der Waals surface area contributed by atoms with Crippen molar-refractivity contribution in [1.82, 2.24) is 14.9 Å². The second-order valence-electron chi connectivity index (χ2n) is 6.02. The number of hydrogen-bond acceptors (Lipinski definition) is 4. The lowest BCUT2D eigenvalue weighted by Gasteiger charge is -2.30. The fraction of sp³-hybridized carbons (Fsp3) is 0.353. The number of carbonyl (C=O) groups is 1. The Morgan fingerprint density at radius 2 is 1.92 bits per heavy atom. The molecule has 3 rings (SSSR count). The van der Waals surface area contributed by atoms with Crippen LogP contribution in [0.2, 0.25) is 0 Å². The largest absolute Gasteiger partial charge is 0.340 e. The predicted octanol–water partition coefficient (Wildman–Crippen LogP) is 3.37. The van der Waals surface area contributed by atoms with Crippen molar-refractivity contribution in [3.05, 3.63) is 47.9 Å². The van der Waals surface area contributed by atoms with E-state index < -0.39 is 11.6 Å². The van der Waals surface area contributed by atoms with E-state index in [1.165, 1.54) is 18.5 Å². The lowest BCUT2D eigenvalue weighted by molar-refractivity contribution is 0.0691. The van der Waals surface area contributed by atoms with Gasteiger partial charge in [0.05, 0.1) is 0 Å². The molecule has 0 bridgehead atoms. The average molecular weight is 332 g/mol. The zero-order valence-corrected chi connectivity index (χ0v) is 13.3. The van der Waals surface area contributed by atoms with Gasteiger partial charge in [0.2, 0.25) is 0 Å². The third kappa shape index (κ3) is 3.67. The molecule has 1 aliphatic heterocycles. The molecule has 2 aromatic rings. The molecule has 1 amide bonds. The number of nitrogens with one attached hydrogen (secondary N) is 1. The van der Waals surface area contributed by atoms with Crippen LogP contribution in [0.25, 0.3) is 0 Å². The molecular formula is C17H18F2N4O. The number of halogens is 2. The van der Waals surface area contributed by atoms with Gasteiger partial charge in [0.15, 0.2) is 11.6 Å². The van der Waals surface area contributed by atoms with Crippen LogP contribution in [-0.4, -0.2) is 33.9 Å². The van der Waals surface area contributed by atoms with Crippen molar-refractivity contribution in [1.29, 1.82) is 0 Å². The van der Waals surface area contributed by atoms with E-state index in [-0.39, 0.29) is 11.6 Å². The maximum atomic E-state index is 13.3. The van der Waals surface area contributed by atoms with E-state index >= 15 is 0 Å². The summed E-state index contributed by atoms with van der Waals surface area (Å²) in [5.74, 6) is -1.03. The number of aromatic nitrogens is 2. The second kappa shape index (κ2) is 6.90. The van der Waals surface area contributed by atoms with Crippen LogP contribution in [0.4, 0.5) is 20.3 Å². The third-order valence-corrected chi connectivity index (χ3v) is 4.15. The van der Waals surface area contributed by atoms with Gasteiger partial charge >= 0.3 is 0 Å². The molecule has 0 atom stereocenters. The molecule has 24 heavy (non-hydrogen) atoms. The molecule has 1 N–H and O–H groups in total. The Balaban J connectivity index is 1.73. The van der Waals surface area contributed by atoms with Crippen LogP contribution in [-0.2, 0) is 0 Å². The van der Waals surface area contributed by atoms with Crippen molar-refractivity contribution in [3.63, 3.8) is 0 Å². The van der Waals surface area contributed by atoms with Gasteiger partial charge in [-0.15, -0.1) is 0 Å². The number of amides is 1. The summed E-state index contributed by atoms with van der Waals surface area (Å²) < 4.78 is 26.2. The van der Waals surface area contributed by atoms with Gasteiger partial charge in [0.25, 0.3) is 5.91 Å². The average Bonchev–Trinajstić information content (AvgIpc) is 2.58. The Hall–Kier alpha value is -2.57. The van der Waals surface area contributed by atoms with E-state index in [2.05, 4.69) is 22.2 Å². The maximum absolute atomic E-state index is 13.3. The normalized spacial score (nSPS) is 15.4. The minimum atomic E-state index is -0.951. The van der Waals surface area contributed by atoms with Crippen LogP contribution < -0.4 is 5.32 Å². The van der Waals surface area contributed by atoms with Gasteiger partial charge in [-0.3, -0.25) is 4.79 Å². The number of likely N-dealkylation sites (tertiary alicyclic amines) is 1. The number of piperidine rings is 1. The Morgan fingerprint density at radius 3 is 2.62 bits per heavy atom. The maximum Gasteiger partial charge on any atom is 0.272 e. The molecule has 1 aromatic carbocycles. The Morgan fingerprint density at radius 1 is 1.17 bits per heavy atom. The zero-order valence-electron chi connectivity index (χ0n) is 13.3. The van der Waals surface area contributed by atoms with Gasteiger partial charge < -0.3 is 10.2 Å². The number of rotatable bonds is 3. The molecule has 2 heterocycles. The summed E-state index contributed by atoms with van der Waals surface area (Å²) in [5, 5.41) is 2.85. The summed E-state index contributed by atoms with van der Waals surface area (Å²) in [6.45, 7) is 3.61. The number of anilines is 2. The summed E-state index contributed by atoms with van der Waals surface area (Å²) in [4.78, 5) is 22.3. The number of benzene rings is 1. The van der Waals surface area contributed by atoms with Crippen LogP contribution >= 0.6 is 0 Å². The number of carbonyl (C=O) groups excluding carboxylic acids is 1. The van der Waals surface area contributed by atoms with E-state index in [4.69, 9.17) is 0 Å². The standard InChI is InChI=1S/C17H18F2N4O/c1-11-4-6-23(7-5-11)17(24)15-9-16(21-10-20-15)22-12-2-3-13(18)14(19)8-12/h2-3,8-11H,4-7H2,1H3,(H,20,21,22). The third-order valence-electron chi connectivity index (χ3n) is 4.15. The molecule has 1 aromatic heterocycles. The van der Waals surface area contributed by atoms with E-state index in [1.54, 1.807) is 4.90 Å². The number of nitrogens with zero attached hydrogens (tertiary/aromatic N) is 3. The van der Waals surface area contributed by atoms with Crippen molar-refractivity contribution in [2.75, 3.05) is 18.4 Å². The Labute approximate surface area is 138 Å². The highest BCUT2D eigenvalue weighted by Crippen LogP contribution is 2.20. The fourth-order valence-corrected chi connectivity index (χ4v) is 2.64. The predicted molar refractivity (Wildman–Crippen MR) is 86.0 cm³/mol. The molecule has 1 fully saturated rings. The molecule has 0 saturated carbocycles. The first-order valence-electron chi connectivity index (χ1n) is 7.86. The highest BCUT2D eigenvalue weighted by molar-refractivity contribution is 5.93. The lowest BCUT2D eigenvalue weighted by Crippen LogP contribution is -2.38. The van der Waals surface area contributed by atoms with E-state index in [0.29, 0.717) is 17.4 Å². The van der Waals surface area contributed by atoms with Gasteiger partial charge in [-0.1, -0.05) is 6.92 Å². The first-order chi connectivity index (χ1) is 11.5. The smallest absolute Gasteiger partial charge is 0.272 e. The highest BCUT2D eigenvalue weighted by atomic mass is 19.2. The minimum Gasteiger partial charge on any atom is -0.340 e. The van der Waals surface area contributed by atoms with E-state index in [9.17, 15) is 13.6 Å². The van der Waals surface area contributed by atoms with E-state index in [0.717, 1.165) is 38.1 Å². The Kier molecular flexibility index (Phi) is 4.69. The summed E-state index contributed by atoms with van der Waals surface area (Å²) in [5.41, 5.74) is 0.627. The van der Waals surface area contributed by atoms with Crippen molar-refractivity contribution < 1.29 is 13.6 Å². The molecule has 1 saturated heterocycles. The van der Waals surface area contributed by atoms with Crippen molar-refractivity contribution >= 4 is 17.4 Å². The number of hydrogen-bond donors (Lipinski definition) is 1. The lowest BCUT2D eigenvalue weighted by atomic mass is 9.99. The van der Waals surface area contributed by atoms with Crippen LogP contribution in [0.3, 0.4) is 0 Å². The summed E-state index contributed by atoms with van der Waals surface area (Å²) in [7, 11) is 0. The quantitative estimate of drug-likeness (QED) is 0.936. The van der Waals surface area contributed by atoms with Crippen molar-refractivity contribution in [3.8, 4) is 0 Å². The first-order valence-corrected chi connectivity index (χ1v) is 7.86. The van der Waals surface area contributed by atoms with Gasteiger partial charge in [-0.05, 0) is 30.9 Å². The summed E-state index contributed by atoms with van der Waals surface area (Å²) in [6, 6.07) is 4.97. The van der Waals surface area contributed by atoms with Crippen LogP contribution in [0, 0.1) is 17.6 Å². The fourth-order valence-electron chi connectivity index (χ4n) is 2.64.